The molecule has 0 nitrogen and oxygen atoms in total. The van der Waals surface area contributed by atoms with Gasteiger partial charge in [0.2, 0.25) is 0 Å². The number of hydrogen-bond acceptors (Lipinski definition) is 0. The first-order valence-corrected chi connectivity index (χ1v) is 5.45. The second kappa shape index (κ2) is 5.14. The summed E-state index contributed by atoms with van der Waals surface area (Å²) >= 11 is 0. The molecule has 1 atom stereocenters. The van der Waals surface area contributed by atoms with Crippen LogP contribution in [0.15, 0.2) is 18.2 Å². The summed E-state index contributed by atoms with van der Waals surface area (Å²) in [4.78, 5) is 0. The molecular weight excluding hydrogens is 175 g/mol. The van der Waals surface area contributed by atoms with Gasteiger partial charge in [-0.25, -0.2) is 4.39 Å². The first kappa shape index (κ1) is 11.2. The maximum absolute atomic E-state index is 13.6. The van der Waals surface area contributed by atoms with Crippen LogP contribution >= 0.6 is 0 Å². The summed E-state index contributed by atoms with van der Waals surface area (Å²) in [6.45, 7) is 6.20. The highest BCUT2D eigenvalue weighted by Crippen LogP contribution is 2.27. The highest BCUT2D eigenvalue weighted by atomic mass is 19.1. The van der Waals surface area contributed by atoms with E-state index in [1.54, 1.807) is 6.07 Å². The van der Waals surface area contributed by atoms with Gasteiger partial charge in [-0.15, -0.1) is 0 Å². The van der Waals surface area contributed by atoms with Crippen LogP contribution in [-0.4, -0.2) is 0 Å². The molecule has 0 aliphatic carbocycles. The third kappa shape index (κ3) is 2.57. The van der Waals surface area contributed by atoms with Gasteiger partial charge in [0.1, 0.15) is 5.82 Å². The Morgan fingerprint density at radius 2 is 2.00 bits per heavy atom. The normalized spacial score (nSPS) is 12.9. The van der Waals surface area contributed by atoms with E-state index >= 15 is 0 Å². The minimum absolute atomic E-state index is 0.0368. The Hall–Kier alpha value is -0.850. The molecule has 0 spiro atoms. The van der Waals surface area contributed by atoms with Gasteiger partial charge in [-0.2, -0.15) is 0 Å². The van der Waals surface area contributed by atoms with Crippen LogP contribution in [0.25, 0.3) is 0 Å². The van der Waals surface area contributed by atoms with Crippen molar-refractivity contribution in [2.75, 3.05) is 0 Å². The zero-order valence-corrected chi connectivity index (χ0v) is 9.31. The van der Waals surface area contributed by atoms with E-state index in [0.717, 1.165) is 30.4 Å². The van der Waals surface area contributed by atoms with Crippen molar-refractivity contribution in [1.29, 1.82) is 0 Å². The largest absolute Gasteiger partial charge is 0.207 e. The average Bonchev–Trinajstić information content (AvgIpc) is 2.15. The van der Waals surface area contributed by atoms with Crippen molar-refractivity contribution in [3.8, 4) is 0 Å². The van der Waals surface area contributed by atoms with Gasteiger partial charge in [0.05, 0.1) is 0 Å². The molecule has 78 valence electrons. The van der Waals surface area contributed by atoms with E-state index in [4.69, 9.17) is 0 Å². The summed E-state index contributed by atoms with van der Waals surface area (Å²) in [6.07, 6.45) is 3.22. The molecule has 1 unspecified atom stereocenters. The van der Waals surface area contributed by atoms with E-state index in [9.17, 15) is 4.39 Å². The van der Waals surface area contributed by atoms with Gasteiger partial charge >= 0.3 is 0 Å². The van der Waals surface area contributed by atoms with Gasteiger partial charge < -0.3 is 0 Å². The van der Waals surface area contributed by atoms with Crippen LogP contribution in [0.1, 0.15) is 50.2 Å². The topological polar surface area (TPSA) is 0 Å². The molecule has 0 aliphatic heterocycles. The van der Waals surface area contributed by atoms with Gasteiger partial charge in [-0.05, 0) is 42.9 Å². The Balaban J connectivity index is 2.92. The molecule has 0 saturated carbocycles. The molecule has 1 heteroatoms. The average molecular weight is 194 g/mol. The predicted molar refractivity (Wildman–Crippen MR) is 59.1 cm³/mol. The fraction of sp³-hybridized carbons (Fsp3) is 0.538. The fourth-order valence-electron chi connectivity index (χ4n) is 1.89. The van der Waals surface area contributed by atoms with Crippen molar-refractivity contribution in [2.24, 2.45) is 0 Å². The summed E-state index contributed by atoms with van der Waals surface area (Å²) in [5.74, 6) is 0.353. The van der Waals surface area contributed by atoms with E-state index in [1.807, 2.05) is 19.1 Å². The third-order valence-corrected chi connectivity index (χ3v) is 2.73. The summed E-state index contributed by atoms with van der Waals surface area (Å²) in [7, 11) is 0. The molecule has 14 heavy (non-hydrogen) atoms. The van der Waals surface area contributed by atoms with Crippen molar-refractivity contribution in [3.63, 3.8) is 0 Å². The molecule has 1 aromatic rings. The smallest absolute Gasteiger partial charge is 0.126 e. The highest BCUT2D eigenvalue weighted by Gasteiger charge is 2.12. The molecule has 1 rings (SSSR count). The molecule has 0 bridgehead atoms. The van der Waals surface area contributed by atoms with Gasteiger partial charge in [0, 0.05) is 0 Å². The van der Waals surface area contributed by atoms with Crippen LogP contribution in [0.3, 0.4) is 0 Å². The molecule has 0 heterocycles. The van der Waals surface area contributed by atoms with Crippen molar-refractivity contribution >= 4 is 0 Å². The Morgan fingerprint density at radius 3 is 2.50 bits per heavy atom. The second-order valence-electron chi connectivity index (χ2n) is 3.92. The Kier molecular flexibility index (Phi) is 4.12. The van der Waals surface area contributed by atoms with Crippen molar-refractivity contribution in [1.82, 2.24) is 0 Å². The van der Waals surface area contributed by atoms with Crippen LogP contribution < -0.4 is 0 Å². The maximum Gasteiger partial charge on any atom is 0.126 e. The quantitative estimate of drug-likeness (QED) is 0.665. The molecule has 0 N–H and O–H groups in total. The lowest BCUT2D eigenvalue weighted by atomic mass is 9.91. The Bertz CT molecular complexity index is 291. The van der Waals surface area contributed by atoms with E-state index in [0.29, 0.717) is 5.92 Å². The zero-order valence-electron chi connectivity index (χ0n) is 9.31. The summed E-state index contributed by atoms with van der Waals surface area (Å²) < 4.78 is 13.6. The number of halogens is 1. The lowest BCUT2D eigenvalue weighted by Crippen LogP contribution is -2.00. The number of rotatable bonds is 4. The Morgan fingerprint density at radius 1 is 1.29 bits per heavy atom. The van der Waals surface area contributed by atoms with Crippen LogP contribution in [0, 0.1) is 12.7 Å². The predicted octanol–water partition coefficient (Wildman–Crippen LogP) is 4.43. The van der Waals surface area contributed by atoms with Crippen LogP contribution in [0.5, 0.6) is 0 Å². The number of benzene rings is 1. The summed E-state index contributed by atoms with van der Waals surface area (Å²) in [5.41, 5.74) is 1.89. The lowest BCUT2D eigenvalue weighted by Gasteiger charge is -2.15. The number of hydrogen-bond donors (Lipinski definition) is 0. The first-order chi connectivity index (χ1) is 6.69. The molecule has 0 aromatic heterocycles. The van der Waals surface area contributed by atoms with Crippen molar-refractivity contribution < 1.29 is 4.39 Å². The van der Waals surface area contributed by atoms with Gasteiger partial charge in [0.15, 0.2) is 0 Å². The second-order valence-corrected chi connectivity index (χ2v) is 3.92. The van der Waals surface area contributed by atoms with E-state index in [2.05, 4.69) is 13.8 Å². The molecule has 1 aromatic carbocycles. The van der Waals surface area contributed by atoms with Crippen LogP contribution in [-0.2, 0) is 0 Å². The molecule has 0 saturated heterocycles. The monoisotopic (exact) mass is 194 g/mol. The third-order valence-electron chi connectivity index (χ3n) is 2.73. The van der Waals surface area contributed by atoms with E-state index in [1.165, 1.54) is 0 Å². The molecule has 0 aliphatic rings. The Labute approximate surface area is 86.2 Å². The number of aryl methyl sites for hydroxylation is 1. The van der Waals surface area contributed by atoms with Crippen LogP contribution in [0.4, 0.5) is 4.39 Å². The zero-order chi connectivity index (χ0) is 10.6. The van der Waals surface area contributed by atoms with E-state index in [-0.39, 0.29) is 5.82 Å². The fourth-order valence-corrected chi connectivity index (χ4v) is 1.89. The summed E-state index contributed by atoms with van der Waals surface area (Å²) in [5, 5.41) is 0. The standard InChI is InChI=1S/C13H19F/c1-4-6-11(5-2)12-8-7-10(3)9-13(12)14/h7-9,11H,4-6H2,1-3H3. The lowest BCUT2D eigenvalue weighted by molar-refractivity contribution is 0.539. The molecule has 0 amide bonds. The minimum Gasteiger partial charge on any atom is -0.207 e. The highest BCUT2D eigenvalue weighted by molar-refractivity contribution is 5.26. The van der Waals surface area contributed by atoms with Gasteiger partial charge in [-0.1, -0.05) is 32.4 Å². The molecular formula is C13H19F. The van der Waals surface area contributed by atoms with Gasteiger partial charge in [0.25, 0.3) is 0 Å². The SMILES string of the molecule is CCCC(CC)c1ccc(C)cc1F. The minimum atomic E-state index is -0.0368. The van der Waals surface area contributed by atoms with Crippen LogP contribution in [0.2, 0.25) is 0 Å². The van der Waals surface area contributed by atoms with Gasteiger partial charge in [-0.3, -0.25) is 0 Å². The van der Waals surface area contributed by atoms with Crippen molar-refractivity contribution in [2.45, 2.75) is 46.0 Å². The maximum atomic E-state index is 13.6. The van der Waals surface area contributed by atoms with Crippen molar-refractivity contribution in [3.05, 3.63) is 35.1 Å². The summed E-state index contributed by atoms with van der Waals surface area (Å²) in [6, 6.07) is 5.57. The van der Waals surface area contributed by atoms with E-state index < -0.39 is 0 Å². The molecule has 0 fully saturated rings. The first-order valence-electron chi connectivity index (χ1n) is 5.45. The molecule has 0 radical (unpaired) electrons.